The number of rotatable bonds is 4. The van der Waals surface area contributed by atoms with Crippen LogP contribution in [0.25, 0.3) is 0 Å². The summed E-state index contributed by atoms with van der Waals surface area (Å²) >= 11 is 3.11. The summed E-state index contributed by atoms with van der Waals surface area (Å²) in [6.45, 7) is 5.58. The highest BCUT2D eigenvalue weighted by molar-refractivity contribution is 9.10. The first-order valence-electron chi connectivity index (χ1n) is 6.52. The third-order valence-electron chi connectivity index (χ3n) is 3.80. The van der Waals surface area contributed by atoms with Crippen molar-refractivity contribution in [1.29, 1.82) is 0 Å². The van der Waals surface area contributed by atoms with E-state index in [1.54, 1.807) is 7.05 Å². The summed E-state index contributed by atoms with van der Waals surface area (Å²) < 4.78 is 28.8. The van der Waals surface area contributed by atoms with Gasteiger partial charge in [0, 0.05) is 19.6 Å². The molecule has 2 heterocycles. The van der Waals surface area contributed by atoms with E-state index >= 15 is 0 Å². The van der Waals surface area contributed by atoms with Gasteiger partial charge in [0.1, 0.15) is 0 Å². The molecule has 7 nitrogen and oxygen atoms in total. The first-order valence-corrected chi connectivity index (χ1v) is 8.80. The van der Waals surface area contributed by atoms with Gasteiger partial charge in [-0.3, -0.25) is 0 Å². The molecular weight excluding hydrogens is 346 g/mol. The number of sulfonamides is 1. The van der Waals surface area contributed by atoms with Gasteiger partial charge in [-0.15, -0.1) is 5.10 Å². The Balaban J connectivity index is 2.10. The first-order chi connectivity index (χ1) is 9.24. The van der Waals surface area contributed by atoms with Gasteiger partial charge in [-0.05, 0) is 40.7 Å². The van der Waals surface area contributed by atoms with Crippen molar-refractivity contribution in [3.63, 3.8) is 0 Å². The number of piperidine rings is 1. The summed E-state index contributed by atoms with van der Waals surface area (Å²) in [6.07, 6.45) is 2.21. The van der Waals surface area contributed by atoms with Crippen molar-refractivity contribution in [2.75, 3.05) is 13.1 Å². The Bertz CT molecular complexity index is 564. The number of hydrogen-bond acceptors (Lipinski definition) is 5. The van der Waals surface area contributed by atoms with Crippen LogP contribution in [0.3, 0.4) is 0 Å². The molecule has 0 amide bonds. The number of aromatic nitrogens is 3. The smallest absolute Gasteiger partial charge is 0.260 e. The maximum Gasteiger partial charge on any atom is 0.260 e. The van der Waals surface area contributed by atoms with E-state index in [1.165, 1.54) is 4.68 Å². The molecule has 1 aromatic rings. The average molecular weight is 366 g/mol. The molecule has 0 spiro atoms. The van der Waals surface area contributed by atoms with E-state index in [0.29, 0.717) is 6.54 Å². The van der Waals surface area contributed by atoms with Crippen LogP contribution in [0.5, 0.6) is 0 Å². The minimum absolute atomic E-state index is 0.0473. The van der Waals surface area contributed by atoms with E-state index in [1.807, 2.05) is 0 Å². The monoisotopic (exact) mass is 365 g/mol. The van der Waals surface area contributed by atoms with Crippen LogP contribution in [0.2, 0.25) is 0 Å². The van der Waals surface area contributed by atoms with Crippen LogP contribution < -0.4 is 10.0 Å². The number of nitrogens with one attached hydrogen (secondary N) is 2. The lowest BCUT2D eigenvalue weighted by atomic mass is 9.78. The lowest BCUT2D eigenvalue weighted by Gasteiger charge is -2.39. The van der Waals surface area contributed by atoms with Gasteiger partial charge < -0.3 is 5.32 Å². The lowest BCUT2D eigenvalue weighted by molar-refractivity contribution is 0.181. The van der Waals surface area contributed by atoms with Crippen molar-refractivity contribution in [3.8, 4) is 0 Å². The fourth-order valence-corrected chi connectivity index (χ4v) is 4.63. The van der Waals surface area contributed by atoms with Gasteiger partial charge >= 0.3 is 0 Å². The van der Waals surface area contributed by atoms with Gasteiger partial charge in [0.05, 0.1) is 0 Å². The third kappa shape index (κ3) is 3.21. The molecule has 1 aliphatic rings. The Kier molecular flexibility index (Phi) is 4.53. The van der Waals surface area contributed by atoms with Crippen LogP contribution in [0.1, 0.15) is 26.7 Å². The molecule has 114 valence electrons. The average Bonchev–Trinajstić information content (AvgIpc) is 2.67. The van der Waals surface area contributed by atoms with Crippen LogP contribution >= 0.6 is 15.9 Å². The second-order valence-corrected chi connectivity index (χ2v) is 8.19. The number of aryl methyl sites for hydroxylation is 1. The highest BCUT2D eigenvalue weighted by Crippen LogP contribution is 2.30. The van der Waals surface area contributed by atoms with E-state index in [9.17, 15) is 8.42 Å². The Morgan fingerprint density at radius 3 is 2.80 bits per heavy atom. The lowest BCUT2D eigenvalue weighted by Crippen LogP contribution is -2.52. The van der Waals surface area contributed by atoms with E-state index in [2.05, 4.69) is 50.1 Å². The topological polar surface area (TPSA) is 88.9 Å². The summed E-state index contributed by atoms with van der Waals surface area (Å²) in [4.78, 5) is 0. The van der Waals surface area contributed by atoms with Crippen molar-refractivity contribution in [1.82, 2.24) is 25.0 Å². The third-order valence-corrected chi connectivity index (χ3v) is 6.11. The fourth-order valence-electron chi connectivity index (χ4n) is 2.49. The van der Waals surface area contributed by atoms with Crippen LogP contribution in [0.15, 0.2) is 9.63 Å². The SMILES string of the molecule is Cn1nnc(Br)c1S(=O)(=O)NCC1NCCCC1(C)C. The number of nitrogens with zero attached hydrogens (tertiary/aromatic N) is 3. The molecule has 0 radical (unpaired) electrons. The molecule has 0 aromatic carbocycles. The Morgan fingerprint density at radius 1 is 1.55 bits per heavy atom. The van der Waals surface area contributed by atoms with E-state index in [0.717, 1.165) is 19.4 Å². The minimum Gasteiger partial charge on any atom is -0.312 e. The van der Waals surface area contributed by atoms with Crippen molar-refractivity contribution in [2.45, 2.75) is 37.8 Å². The molecule has 0 aliphatic carbocycles. The fraction of sp³-hybridized carbons (Fsp3) is 0.818. The zero-order valence-corrected chi connectivity index (χ0v) is 14.3. The van der Waals surface area contributed by atoms with E-state index in [4.69, 9.17) is 0 Å². The molecular formula is C11H20BrN5O2S. The maximum atomic E-state index is 12.3. The Morgan fingerprint density at radius 2 is 2.25 bits per heavy atom. The molecule has 0 bridgehead atoms. The summed E-state index contributed by atoms with van der Waals surface area (Å²) in [5.74, 6) is 0. The molecule has 0 saturated carbocycles. The summed E-state index contributed by atoms with van der Waals surface area (Å²) in [6, 6.07) is 0.117. The minimum atomic E-state index is -3.63. The summed E-state index contributed by atoms with van der Waals surface area (Å²) in [7, 11) is -2.08. The number of hydrogen-bond donors (Lipinski definition) is 2. The highest BCUT2D eigenvalue weighted by Gasteiger charge is 2.33. The van der Waals surface area contributed by atoms with Crippen LogP contribution in [-0.2, 0) is 17.1 Å². The molecule has 1 saturated heterocycles. The van der Waals surface area contributed by atoms with Crippen molar-refractivity contribution < 1.29 is 8.42 Å². The van der Waals surface area contributed by atoms with Gasteiger partial charge in [-0.1, -0.05) is 19.1 Å². The van der Waals surface area contributed by atoms with Gasteiger partial charge in [-0.25, -0.2) is 17.8 Å². The van der Waals surface area contributed by atoms with Crippen molar-refractivity contribution >= 4 is 26.0 Å². The predicted octanol–water partition coefficient (Wildman–Crippen LogP) is 0.634. The molecule has 9 heteroatoms. The first kappa shape index (κ1) is 15.9. The zero-order valence-electron chi connectivity index (χ0n) is 11.9. The number of halogens is 1. The Labute approximate surface area is 127 Å². The molecule has 1 fully saturated rings. The molecule has 2 rings (SSSR count). The molecule has 20 heavy (non-hydrogen) atoms. The quantitative estimate of drug-likeness (QED) is 0.816. The van der Waals surface area contributed by atoms with Gasteiger partial charge in [0.15, 0.2) is 4.60 Å². The van der Waals surface area contributed by atoms with Crippen LogP contribution in [-0.4, -0.2) is 42.5 Å². The van der Waals surface area contributed by atoms with Gasteiger partial charge in [0.25, 0.3) is 10.0 Å². The largest absolute Gasteiger partial charge is 0.312 e. The van der Waals surface area contributed by atoms with Crippen LogP contribution in [0.4, 0.5) is 0 Å². The predicted molar refractivity (Wildman–Crippen MR) is 78.7 cm³/mol. The van der Waals surface area contributed by atoms with E-state index in [-0.39, 0.29) is 21.1 Å². The molecule has 1 aliphatic heterocycles. The molecule has 1 atom stereocenters. The van der Waals surface area contributed by atoms with E-state index < -0.39 is 10.0 Å². The van der Waals surface area contributed by atoms with Gasteiger partial charge in [-0.2, -0.15) is 0 Å². The van der Waals surface area contributed by atoms with Gasteiger partial charge in [0.2, 0.25) is 5.03 Å². The second-order valence-electron chi connectivity index (χ2n) is 5.76. The maximum absolute atomic E-state index is 12.3. The summed E-state index contributed by atoms with van der Waals surface area (Å²) in [5, 5.41) is 10.8. The van der Waals surface area contributed by atoms with Crippen molar-refractivity contribution in [2.24, 2.45) is 12.5 Å². The Hall–Kier alpha value is -0.510. The summed E-state index contributed by atoms with van der Waals surface area (Å²) in [5.41, 5.74) is 0.0721. The zero-order chi connectivity index (χ0) is 15.0. The standard InChI is InChI=1S/C11H20BrN5O2S/c1-11(2)5-4-6-13-8(11)7-14-20(18,19)10-9(12)15-16-17(10)3/h8,13-14H,4-7H2,1-3H3. The highest BCUT2D eigenvalue weighted by atomic mass is 79.9. The molecule has 1 aromatic heterocycles. The second kappa shape index (κ2) is 5.70. The van der Waals surface area contributed by atoms with Crippen LogP contribution in [0, 0.1) is 5.41 Å². The normalized spacial score (nSPS) is 22.9. The molecule has 2 N–H and O–H groups in total. The molecule has 1 unspecified atom stereocenters. The van der Waals surface area contributed by atoms with Crippen molar-refractivity contribution in [3.05, 3.63) is 4.60 Å².